The fourth-order valence-corrected chi connectivity index (χ4v) is 2.99. The zero-order valence-corrected chi connectivity index (χ0v) is 12.6. The van der Waals surface area contributed by atoms with Gasteiger partial charge in [0, 0.05) is 31.1 Å². The maximum absolute atomic E-state index is 11.8. The van der Waals surface area contributed by atoms with Gasteiger partial charge in [0.05, 0.1) is 5.92 Å². The number of aliphatic carboxylic acids is 1. The first kappa shape index (κ1) is 15.3. The van der Waals surface area contributed by atoms with E-state index in [1.165, 1.54) is 12.8 Å². The van der Waals surface area contributed by atoms with E-state index in [9.17, 15) is 14.7 Å². The molecule has 0 aromatic rings. The number of nitrogens with zero attached hydrogens (tertiary/aromatic N) is 1. The third-order valence-electron chi connectivity index (χ3n) is 4.58. The molecule has 1 aliphatic carbocycles. The number of carboxylic acids is 1. The summed E-state index contributed by atoms with van der Waals surface area (Å²) in [6, 6.07) is 0.386. The van der Waals surface area contributed by atoms with Gasteiger partial charge in [0.15, 0.2) is 0 Å². The van der Waals surface area contributed by atoms with Crippen molar-refractivity contribution in [2.75, 3.05) is 13.1 Å². The smallest absolute Gasteiger partial charge is 0.307 e. The minimum atomic E-state index is -0.749. The van der Waals surface area contributed by atoms with Gasteiger partial charge in [-0.1, -0.05) is 13.8 Å². The summed E-state index contributed by atoms with van der Waals surface area (Å²) in [6.45, 7) is 7.29. The number of carboxylic acid groups (broad SMARTS) is 1. The van der Waals surface area contributed by atoms with Crippen LogP contribution in [0.2, 0.25) is 0 Å². The predicted octanol–water partition coefficient (Wildman–Crippen LogP) is 1.33. The molecule has 2 N–H and O–H groups in total. The fourth-order valence-electron chi connectivity index (χ4n) is 2.99. The molecule has 2 aliphatic rings. The molecule has 5 heteroatoms. The van der Waals surface area contributed by atoms with Crippen LogP contribution < -0.4 is 5.32 Å². The second kappa shape index (κ2) is 6.12. The Morgan fingerprint density at radius 1 is 1.20 bits per heavy atom. The number of hydrogen-bond acceptors (Lipinski definition) is 3. The highest BCUT2D eigenvalue weighted by Crippen LogP contribution is 2.36. The minimum absolute atomic E-state index is 0.0139. The number of hydrogen-bond donors (Lipinski definition) is 2. The van der Waals surface area contributed by atoms with Gasteiger partial charge in [-0.05, 0) is 32.1 Å². The number of carbonyl (C=O) groups is 2. The van der Waals surface area contributed by atoms with Crippen LogP contribution in [0, 0.1) is 17.8 Å². The molecule has 2 rings (SSSR count). The molecule has 0 radical (unpaired) electrons. The van der Waals surface area contributed by atoms with Crippen LogP contribution in [0.3, 0.4) is 0 Å². The van der Waals surface area contributed by atoms with E-state index in [0.717, 1.165) is 6.54 Å². The quantitative estimate of drug-likeness (QED) is 0.798. The number of amides is 1. The molecule has 0 aromatic carbocycles. The van der Waals surface area contributed by atoms with Crippen molar-refractivity contribution in [3.05, 3.63) is 0 Å². The van der Waals surface area contributed by atoms with Crippen LogP contribution in [-0.2, 0) is 9.59 Å². The van der Waals surface area contributed by atoms with E-state index >= 15 is 0 Å². The topological polar surface area (TPSA) is 69.6 Å². The Kier molecular flexibility index (Phi) is 4.68. The van der Waals surface area contributed by atoms with Crippen LogP contribution in [0.4, 0.5) is 0 Å². The first-order valence-corrected chi connectivity index (χ1v) is 7.65. The summed E-state index contributed by atoms with van der Waals surface area (Å²) in [5.41, 5.74) is 0. The van der Waals surface area contributed by atoms with Crippen LogP contribution in [0.1, 0.15) is 40.0 Å². The standard InChI is InChI=1S/C15H26N2O3/c1-9(2)14(18)16-13-6-12(15(19)20)7-17(8-13)10(3)11-4-5-11/h9-13H,4-8H2,1-3H3,(H,16,18)(H,19,20). The van der Waals surface area contributed by atoms with E-state index in [-0.39, 0.29) is 23.8 Å². The molecule has 1 aliphatic heterocycles. The molecule has 1 saturated heterocycles. The highest BCUT2D eigenvalue weighted by atomic mass is 16.4. The van der Waals surface area contributed by atoms with Gasteiger partial charge in [0.25, 0.3) is 0 Å². The SMILES string of the molecule is CC(C)C(=O)NC1CC(C(=O)O)CN(C(C)C2CC2)C1. The lowest BCUT2D eigenvalue weighted by Crippen LogP contribution is -2.55. The van der Waals surface area contributed by atoms with Crippen molar-refractivity contribution in [2.45, 2.75) is 52.1 Å². The van der Waals surface area contributed by atoms with Gasteiger partial charge in [-0.25, -0.2) is 0 Å². The molecule has 20 heavy (non-hydrogen) atoms. The molecule has 5 nitrogen and oxygen atoms in total. The molecule has 114 valence electrons. The number of nitrogens with one attached hydrogen (secondary N) is 1. The largest absolute Gasteiger partial charge is 0.481 e. The van der Waals surface area contributed by atoms with Crippen molar-refractivity contribution < 1.29 is 14.7 Å². The van der Waals surface area contributed by atoms with E-state index in [2.05, 4.69) is 17.1 Å². The highest BCUT2D eigenvalue weighted by molar-refractivity contribution is 5.78. The summed E-state index contributed by atoms with van der Waals surface area (Å²) in [5, 5.41) is 12.3. The van der Waals surface area contributed by atoms with E-state index in [1.54, 1.807) is 0 Å². The van der Waals surface area contributed by atoms with Gasteiger partial charge >= 0.3 is 5.97 Å². The second-order valence-electron chi connectivity index (χ2n) is 6.66. The molecule has 1 saturated carbocycles. The monoisotopic (exact) mass is 282 g/mol. The Morgan fingerprint density at radius 3 is 2.35 bits per heavy atom. The van der Waals surface area contributed by atoms with Gasteiger partial charge in [0.2, 0.25) is 5.91 Å². The van der Waals surface area contributed by atoms with Gasteiger partial charge in [0.1, 0.15) is 0 Å². The molecule has 0 spiro atoms. The zero-order chi connectivity index (χ0) is 14.9. The maximum atomic E-state index is 11.8. The van der Waals surface area contributed by atoms with Crippen molar-refractivity contribution in [1.29, 1.82) is 0 Å². The van der Waals surface area contributed by atoms with Crippen molar-refractivity contribution in [3.63, 3.8) is 0 Å². The molecule has 0 aromatic heterocycles. The van der Waals surface area contributed by atoms with Crippen molar-refractivity contribution >= 4 is 11.9 Å². The molecular weight excluding hydrogens is 256 g/mol. The summed E-state index contributed by atoms with van der Waals surface area (Å²) in [7, 11) is 0. The summed E-state index contributed by atoms with van der Waals surface area (Å²) in [6.07, 6.45) is 3.04. The lowest BCUT2D eigenvalue weighted by Gasteiger charge is -2.40. The van der Waals surface area contributed by atoms with Gasteiger partial charge in [-0.2, -0.15) is 0 Å². The van der Waals surface area contributed by atoms with Crippen LogP contribution in [0.5, 0.6) is 0 Å². The Hall–Kier alpha value is -1.10. The fraction of sp³-hybridized carbons (Fsp3) is 0.867. The minimum Gasteiger partial charge on any atom is -0.481 e. The Bertz CT molecular complexity index is 379. The zero-order valence-electron chi connectivity index (χ0n) is 12.6. The van der Waals surface area contributed by atoms with Gasteiger partial charge in [-0.3, -0.25) is 14.5 Å². The third-order valence-corrected chi connectivity index (χ3v) is 4.58. The molecule has 1 amide bonds. The van der Waals surface area contributed by atoms with Crippen LogP contribution >= 0.6 is 0 Å². The Labute approximate surface area is 120 Å². The molecule has 1 heterocycles. The summed E-state index contributed by atoms with van der Waals surface area (Å²) >= 11 is 0. The second-order valence-corrected chi connectivity index (χ2v) is 6.66. The summed E-state index contributed by atoms with van der Waals surface area (Å²) < 4.78 is 0. The van der Waals surface area contributed by atoms with E-state index in [4.69, 9.17) is 0 Å². The molecule has 3 unspecified atom stereocenters. The lowest BCUT2D eigenvalue weighted by molar-refractivity contribution is -0.145. The summed E-state index contributed by atoms with van der Waals surface area (Å²) in [5.74, 6) is -0.456. The number of likely N-dealkylation sites (tertiary alicyclic amines) is 1. The predicted molar refractivity (Wildman–Crippen MR) is 76.3 cm³/mol. The molecular formula is C15H26N2O3. The van der Waals surface area contributed by atoms with E-state index in [1.807, 2.05) is 13.8 Å². The maximum Gasteiger partial charge on any atom is 0.307 e. The average Bonchev–Trinajstić information content (AvgIpc) is 3.21. The number of carbonyl (C=O) groups excluding carboxylic acids is 1. The highest BCUT2D eigenvalue weighted by Gasteiger charge is 2.39. The number of rotatable bonds is 5. The van der Waals surface area contributed by atoms with Crippen molar-refractivity contribution in [3.8, 4) is 0 Å². The normalized spacial score (nSPS) is 29.2. The first-order chi connectivity index (χ1) is 9.38. The van der Waals surface area contributed by atoms with Crippen LogP contribution in [-0.4, -0.2) is 47.1 Å². The molecule has 3 atom stereocenters. The van der Waals surface area contributed by atoms with Crippen LogP contribution in [0.15, 0.2) is 0 Å². The van der Waals surface area contributed by atoms with Gasteiger partial charge < -0.3 is 10.4 Å². The first-order valence-electron chi connectivity index (χ1n) is 7.65. The van der Waals surface area contributed by atoms with E-state index in [0.29, 0.717) is 24.9 Å². The van der Waals surface area contributed by atoms with Crippen molar-refractivity contribution in [2.24, 2.45) is 17.8 Å². The average molecular weight is 282 g/mol. The van der Waals surface area contributed by atoms with E-state index < -0.39 is 5.97 Å². The molecule has 2 fully saturated rings. The Balaban J connectivity index is 2.00. The molecule has 0 bridgehead atoms. The third kappa shape index (κ3) is 3.72. The van der Waals surface area contributed by atoms with Gasteiger partial charge in [-0.15, -0.1) is 0 Å². The van der Waals surface area contributed by atoms with Crippen molar-refractivity contribution in [1.82, 2.24) is 10.2 Å². The number of piperidine rings is 1. The Morgan fingerprint density at radius 2 is 1.85 bits per heavy atom. The summed E-state index contributed by atoms with van der Waals surface area (Å²) in [4.78, 5) is 25.4. The van der Waals surface area contributed by atoms with Crippen LogP contribution in [0.25, 0.3) is 0 Å². The lowest BCUT2D eigenvalue weighted by atomic mass is 9.92.